The Labute approximate surface area is 173 Å². The molecule has 0 aliphatic rings. The van der Waals surface area contributed by atoms with Gasteiger partial charge in [0.05, 0.1) is 30.5 Å². The molecule has 0 unspecified atom stereocenters. The van der Waals surface area contributed by atoms with Crippen molar-refractivity contribution in [2.45, 2.75) is 33.1 Å². The molecule has 152 valence electrons. The molecular formula is C22H24N2O4S. The van der Waals surface area contributed by atoms with Gasteiger partial charge in [-0.1, -0.05) is 32.9 Å². The van der Waals surface area contributed by atoms with Gasteiger partial charge in [-0.05, 0) is 35.4 Å². The van der Waals surface area contributed by atoms with Gasteiger partial charge in [0, 0.05) is 10.8 Å². The van der Waals surface area contributed by atoms with Crippen molar-refractivity contribution in [3.8, 4) is 5.88 Å². The molecule has 0 saturated heterocycles. The van der Waals surface area contributed by atoms with Gasteiger partial charge in [-0.2, -0.15) is 11.3 Å². The van der Waals surface area contributed by atoms with Gasteiger partial charge in [-0.3, -0.25) is 4.79 Å². The number of amides is 1. The number of fused-ring (bicyclic) bond motifs is 1. The van der Waals surface area contributed by atoms with Crippen LogP contribution in [0, 0.1) is 0 Å². The molecule has 1 N–H and O–H groups in total. The standard InChI is InChI=1S/C22H24N2O4S/c1-6-28-21(26)15-11-13-7-8-16(22(2,3)4)17(18(13)24-20(15)27-5)19(25)23-14-9-10-29-12-14/h7-12H,6H2,1-5H3,(H,23,25). The highest BCUT2D eigenvalue weighted by Gasteiger charge is 2.27. The van der Waals surface area contributed by atoms with E-state index < -0.39 is 5.97 Å². The van der Waals surface area contributed by atoms with E-state index in [0.29, 0.717) is 16.5 Å². The number of nitrogens with one attached hydrogen (secondary N) is 1. The molecule has 3 rings (SSSR count). The largest absolute Gasteiger partial charge is 0.480 e. The number of carbonyl (C=O) groups excluding carboxylic acids is 2. The molecule has 29 heavy (non-hydrogen) atoms. The summed E-state index contributed by atoms with van der Waals surface area (Å²) in [7, 11) is 1.44. The number of pyridine rings is 1. The Morgan fingerprint density at radius 1 is 1.21 bits per heavy atom. The summed E-state index contributed by atoms with van der Waals surface area (Å²) in [6.07, 6.45) is 0. The molecule has 0 spiro atoms. The van der Waals surface area contributed by atoms with Crippen LogP contribution in [-0.4, -0.2) is 30.6 Å². The first kappa shape index (κ1) is 20.8. The number of ether oxygens (including phenoxy) is 2. The molecule has 3 aromatic rings. The van der Waals surface area contributed by atoms with E-state index in [1.54, 1.807) is 13.0 Å². The maximum absolute atomic E-state index is 13.2. The van der Waals surface area contributed by atoms with Gasteiger partial charge in [0.15, 0.2) is 0 Å². The van der Waals surface area contributed by atoms with Crippen LogP contribution in [0.25, 0.3) is 10.9 Å². The predicted molar refractivity (Wildman–Crippen MR) is 115 cm³/mol. The maximum Gasteiger partial charge on any atom is 0.343 e. The van der Waals surface area contributed by atoms with Crippen LogP contribution in [0.2, 0.25) is 0 Å². The van der Waals surface area contributed by atoms with Crippen molar-refractivity contribution in [2.24, 2.45) is 0 Å². The number of rotatable bonds is 5. The Kier molecular flexibility index (Phi) is 5.88. The predicted octanol–water partition coefficient (Wildman–Crippen LogP) is 5.03. The summed E-state index contributed by atoms with van der Waals surface area (Å²) < 4.78 is 10.5. The van der Waals surface area contributed by atoms with E-state index in [-0.39, 0.29) is 29.4 Å². The molecule has 0 bridgehead atoms. The number of hydrogen-bond acceptors (Lipinski definition) is 6. The third kappa shape index (κ3) is 4.24. The molecule has 7 heteroatoms. The molecular weight excluding hydrogens is 388 g/mol. The minimum atomic E-state index is -0.511. The molecule has 1 aromatic carbocycles. The summed E-state index contributed by atoms with van der Waals surface area (Å²) in [6.45, 7) is 8.11. The van der Waals surface area contributed by atoms with Crippen molar-refractivity contribution in [1.82, 2.24) is 4.98 Å². The van der Waals surface area contributed by atoms with Crippen LogP contribution in [0.1, 0.15) is 54.0 Å². The average Bonchev–Trinajstić information content (AvgIpc) is 3.18. The molecule has 0 atom stereocenters. The fraction of sp³-hybridized carbons (Fsp3) is 0.318. The van der Waals surface area contributed by atoms with E-state index in [4.69, 9.17) is 9.47 Å². The summed E-state index contributed by atoms with van der Waals surface area (Å²) in [5.41, 5.74) is 2.48. The van der Waals surface area contributed by atoms with Gasteiger partial charge < -0.3 is 14.8 Å². The van der Waals surface area contributed by atoms with Crippen LogP contribution >= 0.6 is 11.3 Å². The van der Waals surface area contributed by atoms with E-state index in [2.05, 4.69) is 10.3 Å². The number of aromatic nitrogens is 1. The monoisotopic (exact) mass is 412 g/mol. The summed E-state index contributed by atoms with van der Waals surface area (Å²) in [5, 5.41) is 7.37. The summed E-state index contributed by atoms with van der Waals surface area (Å²) in [6, 6.07) is 7.28. The Bertz CT molecular complexity index is 1050. The Hall–Kier alpha value is -2.93. The maximum atomic E-state index is 13.2. The van der Waals surface area contributed by atoms with E-state index >= 15 is 0 Å². The highest BCUT2D eigenvalue weighted by Crippen LogP contribution is 2.33. The SMILES string of the molecule is CCOC(=O)c1cc2ccc(C(C)(C)C)c(C(=O)Nc3ccsc3)c2nc1OC. The molecule has 0 aliphatic heterocycles. The molecule has 0 saturated carbocycles. The third-order valence-electron chi connectivity index (χ3n) is 4.46. The number of thiophene rings is 1. The minimum Gasteiger partial charge on any atom is -0.480 e. The second-order valence-electron chi connectivity index (χ2n) is 7.54. The van der Waals surface area contributed by atoms with E-state index in [1.807, 2.05) is 49.7 Å². The second-order valence-corrected chi connectivity index (χ2v) is 8.32. The normalized spacial score (nSPS) is 11.3. The van der Waals surface area contributed by atoms with Crippen molar-refractivity contribution in [3.63, 3.8) is 0 Å². The molecule has 2 heterocycles. The molecule has 1 amide bonds. The van der Waals surface area contributed by atoms with Gasteiger partial charge in [-0.15, -0.1) is 0 Å². The first-order chi connectivity index (χ1) is 13.8. The lowest BCUT2D eigenvalue weighted by Crippen LogP contribution is -2.22. The number of anilines is 1. The number of hydrogen-bond donors (Lipinski definition) is 1. The zero-order valence-electron chi connectivity index (χ0n) is 17.2. The van der Waals surface area contributed by atoms with Crippen molar-refractivity contribution >= 4 is 39.8 Å². The minimum absolute atomic E-state index is 0.131. The number of esters is 1. The Morgan fingerprint density at radius 3 is 2.55 bits per heavy atom. The smallest absolute Gasteiger partial charge is 0.343 e. The fourth-order valence-corrected chi connectivity index (χ4v) is 3.71. The van der Waals surface area contributed by atoms with Crippen LogP contribution in [0.15, 0.2) is 35.0 Å². The van der Waals surface area contributed by atoms with Gasteiger partial charge in [0.25, 0.3) is 5.91 Å². The third-order valence-corrected chi connectivity index (χ3v) is 5.14. The number of carbonyl (C=O) groups is 2. The highest BCUT2D eigenvalue weighted by atomic mass is 32.1. The van der Waals surface area contributed by atoms with E-state index in [9.17, 15) is 9.59 Å². The topological polar surface area (TPSA) is 77.5 Å². The fourth-order valence-electron chi connectivity index (χ4n) is 3.12. The van der Waals surface area contributed by atoms with Gasteiger partial charge >= 0.3 is 5.97 Å². The lowest BCUT2D eigenvalue weighted by molar-refractivity contribution is 0.0522. The number of nitrogens with zero attached hydrogens (tertiary/aromatic N) is 1. The lowest BCUT2D eigenvalue weighted by Gasteiger charge is -2.24. The molecule has 0 fully saturated rings. The van der Waals surface area contributed by atoms with Gasteiger partial charge in [0.1, 0.15) is 5.56 Å². The van der Waals surface area contributed by atoms with Crippen molar-refractivity contribution < 1.29 is 19.1 Å². The van der Waals surface area contributed by atoms with Gasteiger partial charge in [-0.25, -0.2) is 9.78 Å². The Morgan fingerprint density at radius 2 is 1.97 bits per heavy atom. The van der Waals surface area contributed by atoms with E-state index in [0.717, 1.165) is 11.3 Å². The summed E-state index contributed by atoms with van der Waals surface area (Å²) in [4.78, 5) is 30.1. The van der Waals surface area contributed by atoms with Gasteiger partial charge in [0.2, 0.25) is 5.88 Å². The summed E-state index contributed by atoms with van der Waals surface area (Å²) in [5.74, 6) is -0.633. The van der Waals surface area contributed by atoms with E-state index in [1.165, 1.54) is 18.4 Å². The van der Waals surface area contributed by atoms with Crippen molar-refractivity contribution in [3.05, 3.63) is 51.7 Å². The molecule has 0 aliphatic carbocycles. The first-order valence-corrected chi connectivity index (χ1v) is 10.2. The molecule has 2 aromatic heterocycles. The van der Waals surface area contributed by atoms with Crippen LogP contribution in [-0.2, 0) is 10.2 Å². The van der Waals surface area contributed by atoms with Crippen molar-refractivity contribution in [1.29, 1.82) is 0 Å². The molecule has 6 nitrogen and oxygen atoms in total. The number of methoxy groups -OCH3 is 1. The quantitative estimate of drug-likeness (QED) is 0.595. The first-order valence-electron chi connectivity index (χ1n) is 9.29. The second kappa shape index (κ2) is 8.21. The lowest BCUT2D eigenvalue weighted by atomic mass is 9.82. The number of benzene rings is 1. The highest BCUT2D eigenvalue weighted by molar-refractivity contribution is 7.08. The zero-order valence-corrected chi connectivity index (χ0v) is 18.0. The average molecular weight is 413 g/mol. The Balaban J connectivity index is 2.24. The van der Waals surface area contributed by atoms with Crippen molar-refractivity contribution in [2.75, 3.05) is 19.0 Å². The zero-order chi connectivity index (χ0) is 21.2. The summed E-state index contributed by atoms with van der Waals surface area (Å²) >= 11 is 1.50. The van der Waals surface area contributed by atoms with Crippen LogP contribution in [0.5, 0.6) is 5.88 Å². The molecule has 0 radical (unpaired) electrons. The van der Waals surface area contributed by atoms with Crippen LogP contribution in [0.3, 0.4) is 0 Å². The van der Waals surface area contributed by atoms with Crippen LogP contribution in [0.4, 0.5) is 5.69 Å². The van der Waals surface area contributed by atoms with Crippen LogP contribution < -0.4 is 10.1 Å².